The molecule has 8 nitrogen and oxygen atoms in total. The lowest BCUT2D eigenvalue weighted by Gasteiger charge is -2.03. The predicted octanol–water partition coefficient (Wildman–Crippen LogP) is 1.64. The van der Waals surface area contributed by atoms with E-state index in [2.05, 4.69) is 20.4 Å². The number of nitro groups is 1. The van der Waals surface area contributed by atoms with Crippen LogP contribution in [0, 0.1) is 10.1 Å². The summed E-state index contributed by atoms with van der Waals surface area (Å²) in [6.07, 6.45) is 2.51. The van der Waals surface area contributed by atoms with E-state index in [1.807, 2.05) is 0 Å². The molecule has 0 aliphatic rings. The third kappa shape index (κ3) is 2.67. The summed E-state index contributed by atoms with van der Waals surface area (Å²) in [4.78, 5) is 17.4. The van der Waals surface area contributed by atoms with E-state index < -0.39 is 4.92 Å². The first kappa shape index (κ1) is 11.3. The van der Waals surface area contributed by atoms with Crippen LogP contribution >= 0.6 is 11.6 Å². The summed E-state index contributed by atoms with van der Waals surface area (Å²) in [5.41, 5.74) is -0.256. The molecule has 1 N–H and O–H groups in total. The van der Waals surface area contributed by atoms with Gasteiger partial charge in [-0.25, -0.2) is 4.98 Å². The Bertz CT molecular complexity index is 530. The van der Waals surface area contributed by atoms with Gasteiger partial charge in [-0.2, -0.15) is 4.98 Å². The summed E-state index contributed by atoms with van der Waals surface area (Å²) >= 11 is 5.56. The van der Waals surface area contributed by atoms with Crippen LogP contribution < -0.4 is 5.32 Å². The van der Waals surface area contributed by atoms with Crippen molar-refractivity contribution in [3.05, 3.63) is 39.6 Å². The van der Waals surface area contributed by atoms with E-state index in [0.717, 1.165) is 6.20 Å². The fraction of sp³-hybridized carbons (Fsp3) is 0.125. The van der Waals surface area contributed by atoms with Crippen LogP contribution in [0.4, 0.5) is 11.5 Å². The van der Waals surface area contributed by atoms with E-state index in [4.69, 9.17) is 16.1 Å². The second-order valence-electron chi connectivity index (χ2n) is 2.96. The molecule has 2 aromatic heterocycles. The zero-order valence-electron chi connectivity index (χ0n) is 8.33. The maximum atomic E-state index is 10.7. The number of aromatic nitrogens is 3. The molecule has 0 amide bonds. The molecule has 0 aliphatic carbocycles. The molecule has 0 saturated heterocycles. The molecule has 0 bridgehead atoms. The van der Waals surface area contributed by atoms with Crippen molar-refractivity contribution in [3.63, 3.8) is 0 Å². The Morgan fingerprint density at radius 2 is 2.41 bits per heavy atom. The van der Waals surface area contributed by atoms with Crippen LogP contribution in [-0.2, 0) is 6.54 Å². The van der Waals surface area contributed by atoms with Crippen molar-refractivity contribution in [3.8, 4) is 0 Å². The summed E-state index contributed by atoms with van der Waals surface area (Å²) in [7, 11) is 0. The molecule has 0 radical (unpaired) electrons. The number of rotatable bonds is 4. The summed E-state index contributed by atoms with van der Waals surface area (Å²) in [5, 5.41) is 16.9. The highest BCUT2D eigenvalue weighted by molar-refractivity contribution is 6.28. The molecule has 9 heteroatoms. The van der Waals surface area contributed by atoms with Crippen LogP contribution in [0.5, 0.6) is 0 Å². The minimum absolute atomic E-state index is 0.0337. The van der Waals surface area contributed by atoms with Gasteiger partial charge in [0, 0.05) is 6.07 Å². The topological polar surface area (TPSA) is 107 Å². The van der Waals surface area contributed by atoms with Crippen molar-refractivity contribution in [2.75, 3.05) is 5.32 Å². The van der Waals surface area contributed by atoms with Crippen molar-refractivity contribution in [2.24, 2.45) is 0 Å². The first-order chi connectivity index (χ1) is 8.16. The van der Waals surface area contributed by atoms with E-state index in [-0.39, 0.29) is 23.3 Å². The van der Waals surface area contributed by atoms with Gasteiger partial charge in [-0.05, 0) is 11.6 Å². The van der Waals surface area contributed by atoms with Crippen molar-refractivity contribution in [1.29, 1.82) is 0 Å². The molecule has 0 saturated carbocycles. The zero-order chi connectivity index (χ0) is 12.3. The monoisotopic (exact) mass is 255 g/mol. The Morgan fingerprint density at radius 1 is 1.59 bits per heavy atom. The smallest absolute Gasteiger partial charge is 0.329 e. The third-order valence-electron chi connectivity index (χ3n) is 1.86. The summed E-state index contributed by atoms with van der Waals surface area (Å²) in [6.45, 7) is 0.216. The standard InChI is InChI=1S/C8H6ClN5O3/c9-8-11-4-6(14(15)16)7(13-8)10-3-5-1-2-12-17-5/h1-2,4H,3H2,(H,10,11,13). The maximum Gasteiger partial charge on any atom is 0.329 e. The molecule has 17 heavy (non-hydrogen) atoms. The molecule has 2 heterocycles. The lowest BCUT2D eigenvalue weighted by Crippen LogP contribution is -2.05. The minimum atomic E-state index is -0.598. The average molecular weight is 256 g/mol. The van der Waals surface area contributed by atoms with Crippen LogP contribution in [0.25, 0.3) is 0 Å². The highest BCUT2D eigenvalue weighted by Crippen LogP contribution is 2.22. The van der Waals surface area contributed by atoms with Crippen LogP contribution in [0.2, 0.25) is 5.28 Å². The molecule has 0 atom stereocenters. The van der Waals surface area contributed by atoms with Gasteiger partial charge in [0.15, 0.2) is 5.76 Å². The van der Waals surface area contributed by atoms with Crippen LogP contribution in [0.1, 0.15) is 5.76 Å². The van der Waals surface area contributed by atoms with E-state index >= 15 is 0 Å². The SMILES string of the molecule is O=[N+]([O-])c1cnc(Cl)nc1NCc1ccno1. The number of hydrogen-bond donors (Lipinski definition) is 1. The molecule has 88 valence electrons. The zero-order valence-corrected chi connectivity index (χ0v) is 9.09. The van der Waals surface area contributed by atoms with Gasteiger partial charge >= 0.3 is 5.69 Å². The third-order valence-corrected chi connectivity index (χ3v) is 2.04. The van der Waals surface area contributed by atoms with E-state index in [0.29, 0.717) is 5.76 Å². The Kier molecular flexibility index (Phi) is 3.15. The molecule has 0 aromatic carbocycles. The highest BCUT2D eigenvalue weighted by Gasteiger charge is 2.16. The van der Waals surface area contributed by atoms with Gasteiger partial charge in [-0.3, -0.25) is 10.1 Å². The Hall–Kier alpha value is -2.22. The van der Waals surface area contributed by atoms with Gasteiger partial charge in [-0.15, -0.1) is 0 Å². The molecule has 0 unspecified atom stereocenters. The minimum Gasteiger partial charge on any atom is -0.360 e. The number of anilines is 1. The second-order valence-corrected chi connectivity index (χ2v) is 3.30. The van der Waals surface area contributed by atoms with E-state index in [1.54, 1.807) is 6.07 Å². The number of hydrogen-bond acceptors (Lipinski definition) is 7. The lowest BCUT2D eigenvalue weighted by molar-refractivity contribution is -0.384. The molecular weight excluding hydrogens is 250 g/mol. The predicted molar refractivity (Wildman–Crippen MR) is 57.5 cm³/mol. The van der Waals surface area contributed by atoms with E-state index in [9.17, 15) is 10.1 Å². The van der Waals surface area contributed by atoms with Crippen LogP contribution in [0.15, 0.2) is 23.0 Å². The quantitative estimate of drug-likeness (QED) is 0.503. The number of halogens is 1. The van der Waals surface area contributed by atoms with Gasteiger partial charge in [0.1, 0.15) is 6.20 Å². The normalized spacial score (nSPS) is 10.2. The molecular formula is C8H6ClN5O3. The average Bonchev–Trinajstić information content (AvgIpc) is 2.78. The first-order valence-corrected chi connectivity index (χ1v) is 4.85. The largest absolute Gasteiger partial charge is 0.360 e. The fourth-order valence-electron chi connectivity index (χ4n) is 1.12. The van der Waals surface area contributed by atoms with Crippen molar-refractivity contribution in [1.82, 2.24) is 15.1 Å². The number of nitrogens with zero attached hydrogens (tertiary/aromatic N) is 4. The van der Waals surface area contributed by atoms with Gasteiger partial charge < -0.3 is 9.84 Å². The second kappa shape index (κ2) is 4.74. The Balaban J connectivity index is 2.19. The molecule has 0 fully saturated rings. The maximum absolute atomic E-state index is 10.7. The van der Waals surface area contributed by atoms with Gasteiger partial charge in [-0.1, -0.05) is 5.16 Å². The highest BCUT2D eigenvalue weighted by atomic mass is 35.5. The van der Waals surface area contributed by atoms with Crippen molar-refractivity contribution < 1.29 is 9.45 Å². The Labute approximate surface area is 99.8 Å². The Morgan fingerprint density at radius 3 is 3.06 bits per heavy atom. The first-order valence-electron chi connectivity index (χ1n) is 4.47. The molecule has 0 aliphatic heterocycles. The van der Waals surface area contributed by atoms with Crippen molar-refractivity contribution in [2.45, 2.75) is 6.54 Å². The molecule has 0 spiro atoms. The van der Waals surface area contributed by atoms with Crippen molar-refractivity contribution >= 4 is 23.1 Å². The van der Waals surface area contributed by atoms with Gasteiger partial charge in [0.05, 0.1) is 17.7 Å². The lowest BCUT2D eigenvalue weighted by atomic mass is 10.4. The van der Waals surface area contributed by atoms with Crippen LogP contribution in [-0.4, -0.2) is 20.0 Å². The van der Waals surface area contributed by atoms with Gasteiger partial charge in [0.25, 0.3) is 0 Å². The summed E-state index contributed by atoms with van der Waals surface area (Å²) in [6, 6.07) is 1.63. The molecule has 2 rings (SSSR count). The summed E-state index contributed by atoms with van der Waals surface area (Å²) in [5.74, 6) is 0.556. The van der Waals surface area contributed by atoms with E-state index in [1.165, 1.54) is 6.20 Å². The summed E-state index contributed by atoms with van der Waals surface area (Å²) < 4.78 is 4.83. The number of nitrogens with one attached hydrogen (secondary N) is 1. The fourth-order valence-corrected chi connectivity index (χ4v) is 1.26. The van der Waals surface area contributed by atoms with Gasteiger partial charge in [0.2, 0.25) is 11.1 Å². The molecule has 2 aromatic rings. The van der Waals surface area contributed by atoms with Crippen LogP contribution in [0.3, 0.4) is 0 Å².